The van der Waals surface area contributed by atoms with E-state index in [4.69, 9.17) is 5.11 Å². The van der Waals surface area contributed by atoms with Crippen molar-refractivity contribution in [3.05, 3.63) is 65.5 Å². The number of pyridine rings is 1. The predicted molar refractivity (Wildman–Crippen MR) is 70.8 cm³/mol. The number of aromatic nitrogens is 1. The molecule has 2 atom stereocenters. The highest BCUT2D eigenvalue weighted by molar-refractivity contribution is 5.75. The zero-order valence-corrected chi connectivity index (χ0v) is 10.5. The zero-order valence-electron chi connectivity index (χ0n) is 10.5. The van der Waals surface area contributed by atoms with Crippen LogP contribution < -0.4 is 0 Å². The van der Waals surface area contributed by atoms with Crippen LogP contribution in [-0.2, 0) is 4.79 Å². The molecule has 0 spiro atoms. The van der Waals surface area contributed by atoms with Crippen molar-refractivity contribution in [2.75, 3.05) is 0 Å². The van der Waals surface area contributed by atoms with Crippen molar-refractivity contribution in [2.45, 2.75) is 18.9 Å². The van der Waals surface area contributed by atoms with Gasteiger partial charge in [0.1, 0.15) is 6.10 Å². The number of aliphatic carboxylic acids is 1. The normalized spacial score (nSPS) is 13.8. The highest BCUT2D eigenvalue weighted by atomic mass is 16.4. The highest BCUT2D eigenvalue weighted by Crippen LogP contribution is 2.23. The lowest BCUT2D eigenvalue weighted by Gasteiger charge is -2.12. The van der Waals surface area contributed by atoms with Crippen LogP contribution in [0.4, 0.5) is 0 Å². The van der Waals surface area contributed by atoms with E-state index in [0.717, 1.165) is 5.56 Å². The van der Waals surface area contributed by atoms with Crippen molar-refractivity contribution < 1.29 is 15.0 Å². The Kier molecular flexibility index (Phi) is 3.92. The molecule has 0 fully saturated rings. The fourth-order valence-electron chi connectivity index (χ4n) is 1.84. The SMILES string of the molecule is CC(C(=O)O)c1ccc(C(O)c2cccnc2)cc1. The van der Waals surface area contributed by atoms with E-state index in [0.29, 0.717) is 11.1 Å². The maximum absolute atomic E-state index is 10.9. The molecule has 0 aliphatic heterocycles. The van der Waals surface area contributed by atoms with E-state index < -0.39 is 18.0 Å². The van der Waals surface area contributed by atoms with Crippen LogP contribution in [0.25, 0.3) is 0 Å². The molecule has 0 saturated carbocycles. The lowest BCUT2D eigenvalue weighted by Crippen LogP contribution is -2.07. The average Bonchev–Trinajstić information content (AvgIpc) is 2.46. The maximum Gasteiger partial charge on any atom is 0.310 e. The van der Waals surface area contributed by atoms with E-state index in [1.807, 2.05) is 0 Å². The van der Waals surface area contributed by atoms with Gasteiger partial charge in [-0.05, 0) is 24.1 Å². The molecule has 0 bridgehead atoms. The van der Waals surface area contributed by atoms with Gasteiger partial charge in [-0.2, -0.15) is 0 Å². The molecule has 0 aliphatic rings. The first kappa shape index (κ1) is 13.2. The van der Waals surface area contributed by atoms with Crippen LogP contribution in [-0.4, -0.2) is 21.2 Å². The highest BCUT2D eigenvalue weighted by Gasteiger charge is 2.15. The molecule has 98 valence electrons. The van der Waals surface area contributed by atoms with Gasteiger partial charge in [0.05, 0.1) is 5.92 Å². The average molecular weight is 257 g/mol. The van der Waals surface area contributed by atoms with Gasteiger partial charge < -0.3 is 10.2 Å². The molecular formula is C15H15NO3. The number of benzene rings is 1. The van der Waals surface area contributed by atoms with Crippen molar-refractivity contribution in [2.24, 2.45) is 0 Å². The zero-order chi connectivity index (χ0) is 13.8. The van der Waals surface area contributed by atoms with Gasteiger partial charge in [0, 0.05) is 18.0 Å². The molecule has 1 aromatic carbocycles. The molecule has 4 nitrogen and oxygen atoms in total. The standard InChI is InChI=1S/C15H15NO3/c1-10(15(18)19)11-4-6-12(7-5-11)14(17)13-3-2-8-16-9-13/h2-10,14,17H,1H3,(H,18,19). The second-order valence-corrected chi connectivity index (χ2v) is 4.42. The smallest absolute Gasteiger partial charge is 0.310 e. The summed E-state index contributed by atoms with van der Waals surface area (Å²) < 4.78 is 0. The minimum Gasteiger partial charge on any atom is -0.481 e. The van der Waals surface area contributed by atoms with Crippen molar-refractivity contribution in [3.63, 3.8) is 0 Å². The van der Waals surface area contributed by atoms with Crippen LogP contribution in [0.5, 0.6) is 0 Å². The van der Waals surface area contributed by atoms with Crippen molar-refractivity contribution in [1.29, 1.82) is 0 Å². The summed E-state index contributed by atoms with van der Waals surface area (Å²) in [5.74, 6) is -1.41. The summed E-state index contributed by atoms with van der Waals surface area (Å²) in [6.45, 7) is 1.63. The molecule has 0 amide bonds. The van der Waals surface area contributed by atoms with Gasteiger partial charge in [0.15, 0.2) is 0 Å². The number of hydrogen-bond acceptors (Lipinski definition) is 3. The third kappa shape index (κ3) is 2.98. The predicted octanol–water partition coefficient (Wildman–Crippen LogP) is 2.35. The first-order chi connectivity index (χ1) is 9.09. The first-order valence-electron chi connectivity index (χ1n) is 6.00. The third-order valence-electron chi connectivity index (χ3n) is 3.12. The number of carboxylic acids is 1. The topological polar surface area (TPSA) is 70.4 Å². The number of aliphatic hydroxyl groups excluding tert-OH is 1. The number of nitrogens with zero attached hydrogens (tertiary/aromatic N) is 1. The van der Waals surface area contributed by atoms with Gasteiger partial charge in [-0.1, -0.05) is 30.3 Å². The molecule has 2 N–H and O–H groups in total. The van der Waals surface area contributed by atoms with Gasteiger partial charge in [-0.3, -0.25) is 9.78 Å². The molecule has 19 heavy (non-hydrogen) atoms. The Morgan fingerprint density at radius 3 is 2.26 bits per heavy atom. The van der Waals surface area contributed by atoms with Crippen molar-refractivity contribution in [1.82, 2.24) is 4.98 Å². The molecular weight excluding hydrogens is 242 g/mol. The Morgan fingerprint density at radius 1 is 1.11 bits per heavy atom. The lowest BCUT2D eigenvalue weighted by atomic mass is 9.97. The molecule has 2 unspecified atom stereocenters. The molecule has 2 aromatic rings. The summed E-state index contributed by atoms with van der Waals surface area (Å²) in [5.41, 5.74) is 2.14. The first-order valence-corrected chi connectivity index (χ1v) is 6.00. The van der Waals surface area contributed by atoms with Crippen LogP contribution >= 0.6 is 0 Å². The van der Waals surface area contributed by atoms with Crippen molar-refractivity contribution in [3.8, 4) is 0 Å². The number of rotatable bonds is 4. The van der Waals surface area contributed by atoms with E-state index in [2.05, 4.69) is 4.98 Å². The molecule has 0 radical (unpaired) electrons. The number of aliphatic hydroxyl groups is 1. The lowest BCUT2D eigenvalue weighted by molar-refractivity contribution is -0.138. The summed E-state index contributed by atoms with van der Waals surface area (Å²) in [6.07, 6.45) is 2.51. The third-order valence-corrected chi connectivity index (χ3v) is 3.12. The fourth-order valence-corrected chi connectivity index (χ4v) is 1.84. The molecule has 4 heteroatoms. The van der Waals surface area contributed by atoms with Crippen molar-refractivity contribution >= 4 is 5.97 Å². The van der Waals surface area contributed by atoms with E-state index in [9.17, 15) is 9.90 Å². The van der Waals surface area contributed by atoms with E-state index >= 15 is 0 Å². The van der Waals surface area contributed by atoms with Crippen LogP contribution in [0, 0.1) is 0 Å². The number of carboxylic acid groups (broad SMARTS) is 1. The largest absolute Gasteiger partial charge is 0.481 e. The molecule has 1 heterocycles. The van der Waals surface area contributed by atoms with Gasteiger partial charge in [-0.15, -0.1) is 0 Å². The maximum atomic E-state index is 10.9. The Bertz CT molecular complexity index is 551. The minimum absolute atomic E-state index is 0.551. The van der Waals surface area contributed by atoms with Crippen LogP contribution in [0.2, 0.25) is 0 Å². The summed E-state index contributed by atoms with van der Waals surface area (Å²) in [6, 6.07) is 10.5. The summed E-state index contributed by atoms with van der Waals surface area (Å²) in [4.78, 5) is 14.8. The summed E-state index contributed by atoms with van der Waals surface area (Å²) in [7, 11) is 0. The van der Waals surface area contributed by atoms with Crippen LogP contribution in [0.1, 0.15) is 35.6 Å². The monoisotopic (exact) mass is 257 g/mol. The Balaban J connectivity index is 2.21. The van der Waals surface area contributed by atoms with E-state index in [-0.39, 0.29) is 0 Å². The van der Waals surface area contributed by atoms with Crippen LogP contribution in [0.15, 0.2) is 48.8 Å². The van der Waals surface area contributed by atoms with Gasteiger partial charge >= 0.3 is 5.97 Å². The molecule has 1 aromatic heterocycles. The Morgan fingerprint density at radius 2 is 1.74 bits per heavy atom. The quantitative estimate of drug-likeness (QED) is 0.882. The second kappa shape index (κ2) is 5.63. The Hall–Kier alpha value is -2.20. The van der Waals surface area contributed by atoms with Gasteiger partial charge in [0.2, 0.25) is 0 Å². The van der Waals surface area contributed by atoms with E-state index in [1.165, 1.54) is 0 Å². The molecule has 2 rings (SSSR count). The molecule has 0 saturated heterocycles. The number of carbonyl (C=O) groups is 1. The fraction of sp³-hybridized carbons (Fsp3) is 0.200. The van der Waals surface area contributed by atoms with Gasteiger partial charge in [-0.25, -0.2) is 0 Å². The van der Waals surface area contributed by atoms with E-state index in [1.54, 1.807) is 55.7 Å². The van der Waals surface area contributed by atoms with Gasteiger partial charge in [0.25, 0.3) is 0 Å². The minimum atomic E-state index is -0.861. The van der Waals surface area contributed by atoms with Crippen LogP contribution in [0.3, 0.4) is 0 Å². The second-order valence-electron chi connectivity index (χ2n) is 4.42. The summed E-state index contributed by atoms with van der Waals surface area (Å²) >= 11 is 0. The summed E-state index contributed by atoms with van der Waals surface area (Å²) in [5, 5.41) is 19.1. The molecule has 0 aliphatic carbocycles. The number of hydrogen-bond donors (Lipinski definition) is 2. The Labute approximate surface area is 111 Å².